The summed E-state index contributed by atoms with van der Waals surface area (Å²) < 4.78 is 2.46. The van der Waals surface area contributed by atoms with E-state index < -0.39 is 0 Å². The Hall–Kier alpha value is -1.28. The van der Waals surface area contributed by atoms with Crippen LogP contribution in [0.25, 0.3) is 10.9 Å². The molecule has 2 nitrogen and oxygen atoms in total. The molecule has 1 aromatic carbocycles. The number of hydrogen-bond acceptors (Lipinski definition) is 1. The van der Waals surface area contributed by atoms with Crippen molar-refractivity contribution in [3.05, 3.63) is 36.0 Å². The number of hydrogen-bond donors (Lipinski definition) is 1. The minimum atomic E-state index is 0.527. The topological polar surface area (TPSA) is 17.0 Å². The fourth-order valence-electron chi connectivity index (χ4n) is 2.48. The molecule has 0 radical (unpaired) electrons. The van der Waals surface area contributed by atoms with Crippen LogP contribution in [-0.4, -0.2) is 18.2 Å². The van der Waals surface area contributed by atoms with Crippen LogP contribution in [0.4, 0.5) is 0 Å². The number of aromatic nitrogens is 1. The van der Waals surface area contributed by atoms with E-state index >= 15 is 0 Å². The van der Waals surface area contributed by atoms with Crippen molar-refractivity contribution in [3.63, 3.8) is 0 Å². The number of nitrogens with zero attached hydrogens (tertiary/aromatic N) is 1. The lowest BCUT2D eigenvalue weighted by Gasteiger charge is -2.14. The van der Waals surface area contributed by atoms with Crippen LogP contribution >= 0.6 is 0 Å². The molecule has 0 saturated heterocycles. The van der Waals surface area contributed by atoms with Crippen LogP contribution in [0.1, 0.15) is 32.0 Å². The van der Waals surface area contributed by atoms with Gasteiger partial charge in [0.2, 0.25) is 0 Å². The summed E-state index contributed by atoms with van der Waals surface area (Å²) in [7, 11) is 2.01. The minimum absolute atomic E-state index is 0.527. The Morgan fingerprint density at radius 1 is 1.24 bits per heavy atom. The Labute approximate surface area is 104 Å². The van der Waals surface area contributed by atoms with Crippen molar-refractivity contribution in [2.75, 3.05) is 13.6 Å². The van der Waals surface area contributed by atoms with Crippen LogP contribution in [0.5, 0.6) is 0 Å². The lowest BCUT2D eigenvalue weighted by Crippen LogP contribution is -2.11. The summed E-state index contributed by atoms with van der Waals surface area (Å²) >= 11 is 0. The number of nitrogens with one attached hydrogen (secondary N) is 1. The van der Waals surface area contributed by atoms with Crippen LogP contribution in [-0.2, 0) is 6.42 Å². The van der Waals surface area contributed by atoms with Crippen molar-refractivity contribution < 1.29 is 0 Å². The molecule has 17 heavy (non-hydrogen) atoms. The Bertz CT molecular complexity index is 483. The number of aryl methyl sites for hydroxylation is 1. The second-order valence-corrected chi connectivity index (χ2v) is 4.87. The maximum Gasteiger partial charge on any atom is 0.0484 e. The third-order valence-electron chi connectivity index (χ3n) is 3.20. The molecule has 0 fully saturated rings. The van der Waals surface area contributed by atoms with E-state index in [1.165, 1.54) is 23.0 Å². The maximum absolute atomic E-state index is 3.21. The lowest BCUT2D eigenvalue weighted by atomic mass is 10.2. The summed E-state index contributed by atoms with van der Waals surface area (Å²) in [6.45, 7) is 5.60. The molecule has 0 spiro atoms. The monoisotopic (exact) mass is 230 g/mol. The molecule has 0 amide bonds. The first-order valence-electron chi connectivity index (χ1n) is 6.47. The fourth-order valence-corrected chi connectivity index (χ4v) is 2.48. The summed E-state index contributed by atoms with van der Waals surface area (Å²) in [5.74, 6) is 0. The van der Waals surface area contributed by atoms with Crippen LogP contribution in [0.15, 0.2) is 30.3 Å². The highest BCUT2D eigenvalue weighted by Gasteiger charge is 2.10. The van der Waals surface area contributed by atoms with Crippen LogP contribution in [0.3, 0.4) is 0 Å². The molecular formula is C15H22N2. The second kappa shape index (κ2) is 5.37. The quantitative estimate of drug-likeness (QED) is 0.779. The maximum atomic E-state index is 3.21. The first kappa shape index (κ1) is 12.2. The minimum Gasteiger partial charge on any atom is -0.342 e. The summed E-state index contributed by atoms with van der Waals surface area (Å²) in [6.07, 6.45) is 2.34. The number of para-hydroxylation sites is 1. The average Bonchev–Trinajstić information content (AvgIpc) is 2.67. The average molecular weight is 230 g/mol. The SMILES string of the molecule is CNCCCc1cc2ccccc2n1C(C)C. The Kier molecular flexibility index (Phi) is 3.85. The Morgan fingerprint density at radius 3 is 2.71 bits per heavy atom. The molecule has 0 atom stereocenters. The predicted octanol–water partition coefficient (Wildman–Crippen LogP) is 3.37. The van der Waals surface area contributed by atoms with Gasteiger partial charge in [-0.3, -0.25) is 0 Å². The van der Waals surface area contributed by atoms with Gasteiger partial charge >= 0.3 is 0 Å². The van der Waals surface area contributed by atoms with Crippen molar-refractivity contribution in [1.29, 1.82) is 0 Å². The molecule has 0 saturated carbocycles. The van der Waals surface area contributed by atoms with Gasteiger partial charge in [-0.1, -0.05) is 18.2 Å². The molecule has 92 valence electrons. The first-order chi connectivity index (χ1) is 8.24. The molecule has 0 aliphatic rings. The number of fused-ring (bicyclic) bond motifs is 1. The molecule has 0 unspecified atom stereocenters. The van der Waals surface area contributed by atoms with Crippen molar-refractivity contribution in [3.8, 4) is 0 Å². The fraction of sp³-hybridized carbons (Fsp3) is 0.467. The number of benzene rings is 1. The molecule has 0 aliphatic carbocycles. The van der Waals surface area contributed by atoms with Gasteiger partial charge in [-0.05, 0) is 57.8 Å². The third-order valence-corrected chi connectivity index (χ3v) is 3.20. The van der Waals surface area contributed by atoms with E-state index in [4.69, 9.17) is 0 Å². The van der Waals surface area contributed by atoms with Gasteiger partial charge in [-0.15, -0.1) is 0 Å². The Balaban J connectivity index is 2.36. The first-order valence-corrected chi connectivity index (χ1v) is 6.47. The third kappa shape index (κ3) is 2.52. The van der Waals surface area contributed by atoms with Gasteiger partial charge in [-0.2, -0.15) is 0 Å². The van der Waals surface area contributed by atoms with Crippen LogP contribution in [0, 0.1) is 0 Å². The molecule has 2 heteroatoms. The molecule has 0 bridgehead atoms. The largest absolute Gasteiger partial charge is 0.342 e. The predicted molar refractivity (Wildman–Crippen MR) is 74.6 cm³/mol. The summed E-state index contributed by atoms with van der Waals surface area (Å²) in [6, 6.07) is 11.5. The van der Waals surface area contributed by atoms with Crippen molar-refractivity contribution in [2.24, 2.45) is 0 Å². The van der Waals surface area contributed by atoms with E-state index in [0.717, 1.165) is 13.0 Å². The van der Waals surface area contributed by atoms with Crippen molar-refractivity contribution in [1.82, 2.24) is 9.88 Å². The van der Waals surface area contributed by atoms with Crippen molar-refractivity contribution in [2.45, 2.75) is 32.7 Å². The summed E-state index contributed by atoms with van der Waals surface area (Å²) in [5.41, 5.74) is 2.82. The van der Waals surface area contributed by atoms with E-state index in [0.29, 0.717) is 6.04 Å². The zero-order valence-electron chi connectivity index (χ0n) is 11.0. The van der Waals surface area contributed by atoms with Crippen LogP contribution in [0.2, 0.25) is 0 Å². The van der Waals surface area contributed by atoms with Crippen molar-refractivity contribution >= 4 is 10.9 Å². The summed E-state index contributed by atoms with van der Waals surface area (Å²) in [4.78, 5) is 0. The second-order valence-electron chi connectivity index (χ2n) is 4.87. The standard InChI is InChI=1S/C15H22N2/c1-12(2)17-14(8-6-10-16-3)11-13-7-4-5-9-15(13)17/h4-5,7,9,11-12,16H,6,8,10H2,1-3H3. The van der Waals surface area contributed by atoms with Gasteiger partial charge in [0.1, 0.15) is 0 Å². The highest BCUT2D eigenvalue weighted by molar-refractivity contribution is 5.81. The number of rotatable bonds is 5. The molecule has 1 heterocycles. The van der Waals surface area contributed by atoms with Gasteiger partial charge < -0.3 is 9.88 Å². The van der Waals surface area contributed by atoms with Gasteiger partial charge in [0, 0.05) is 17.3 Å². The van der Waals surface area contributed by atoms with Gasteiger partial charge in [0.25, 0.3) is 0 Å². The van der Waals surface area contributed by atoms with Gasteiger partial charge in [-0.25, -0.2) is 0 Å². The highest BCUT2D eigenvalue weighted by atomic mass is 15.0. The highest BCUT2D eigenvalue weighted by Crippen LogP contribution is 2.24. The van der Waals surface area contributed by atoms with E-state index in [1.807, 2.05) is 7.05 Å². The van der Waals surface area contributed by atoms with E-state index in [9.17, 15) is 0 Å². The molecule has 2 rings (SSSR count). The lowest BCUT2D eigenvalue weighted by molar-refractivity contribution is 0.582. The van der Waals surface area contributed by atoms with Gasteiger partial charge in [0.05, 0.1) is 0 Å². The molecule has 1 aromatic heterocycles. The Morgan fingerprint density at radius 2 is 2.00 bits per heavy atom. The smallest absolute Gasteiger partial charge is 0.0484 e. The van der Waals surface area contributed by atoms with Gasteiger partial charge in [0.15, 0.2) is 0 Å². The molecule has 0 aliphatic heterocycles. The van der Waals surface area contributed by atoms with E-state index in [1.54, 1.807) is 0 Å². The summed E-state index contributed by atoms with van der Waals surface area (Å²) in [5, 5.41) is 4.57. The molecular weight excluding hydrogens is 208 g/mol. The normalized spacial score (nSPS) is 11.5. The van der Waals surface area contributed by atoms with E-state index in [-0.39, 0.29) is 0 Å². The van der Waals surface area contributed by atoms with E-state index in [2.05, 4.69) is 54.1 Å². The molecule has 2 aromatic rings. The zero-order chi connectivity index (χ0) is 12.3. The molecule has 1 N–H and O–H groups in total. The van der Waals surface area contributed by atoms with Crippen LogP contribution < -0.4 is 5.32 Å². The zero-order valence-corrected chi connectivity index (χ0v) is 11.0.